The molecule has 7 nitrogen and oxygen atoms in total. The molecule has 29 heavy (non-hydrogen) atoms. The van der Waals surface area contributed by atoms with Gasteiger partial charge in [-0.1, -0.05) is 36.7 Å². The number of alkyl halides is 2. The second-order valence-electron chi connectivity index (χ2n) is 6.36. The summed E-state index contributed by atoms with van der Waals surface area (Å²) in [7, 11) is -4.26. The van der Waals surface area contributed by atoms with Crippen LogP contribution in [0.25, 0.3) is 10.9 Å². The highest BCUT2D eigenvalue weighted by Crippen LogP contribution is 2.31. The fourth-order valence-corrected chi connectivity index (χ4v) is 3.71. The molecule has 0 atom stereocenters. The first-order valence-corrected chi connectivity index (χ1v) is 10.4. The zero-order valence-electron chi connectivity index (χ0n) is 15.2. The van der Waals surface area contributed by atoms with E-state index in [2.05, 4.69) is 10.4 Å². The van der Waals surface area contributed by atoms with Crippen molar-refractivity contribution in [1.82, 2.24) is 9.78 Å². The number of nitrogens with two attached hydrogens (primary N) is 1. The average molecular weight is 443 g/mol. The molecule has 0 spiro atoms. The van der Waals surface area contributed by atoms with E-state index in [9.17, 15) is 22.0 Å². The summed E-state index contributed by atoms with van der Waals surface area (Å²) in [5.41, 5.74) is 0.590. The van der Waals surface area contributed by atoms with Crippen LogP contribution in [-0.4, -0.2) is 24.1 Å². The van der Waals surface area contributed by atoms with Crippen LogP contribution < -0.4 is 10.5 Å². The van der Waals surface area contributed by atoms with Crippen LogP contribution in [0.2, 0.25) is 5.02 Å². The number of rotatable bonds is 6. The maximum atomic E-state index is 14.0. The van der Waals surface area contributed by atoms with E-state index in [1.165, 1.54) is 13.0 Å². The molecule has 0 saturated carbocycles. The summed E-state index contributed by atoms with van der Waals surface area (Å²) in [5, 5.41) is 11.9. The minimum atomic E-state index is -4.26. The predicted molar refractivity (Wildman–Crippen MR) is 105 cm³/mol. The Morgan fingerprint density at radius 2 is 2.00 bits per heavy atom. The quantitative estimate of drug-likeness (QED) is 0.609. The number of fused-ring (bicyclic) bond motifs is 1. The summed E-state index contributed by atoms with van der Waals surface area (Å²) in [6, 6.07) is 5.86. The summed E-state index contributed by atoms with van der Waals surface area (Å²) in [5.74, 6) is -0.476. The zero-order valence-corrected chi connectivity index (χ0v) is 16.8. The highest BCUT2D eigenvalue weighted by Gasteiger charge is 2.31. The van der Waals surface area contributed by atoms with Crippen LogP contribution in [0, 0.1) is 0 Å². The number of benzene rings is 2. The Balaban J connectivity index is 2.00. The van der Waals surface area contributed by atoms with Crippen molar-refractivity contribution >= 4 is 44.1 Å². The molecule has 1 heterocycles. The van der Waals surface area contributed by atoms with Crippen LogP contribution in [0.1, 0.15) is 18.9 Å². The van der Waals surface area contributed by atoms with E-state index >= 15 is 0 Å². The Morgan fingerprint density at radius 3 is 2.62 bits per heavy atom. The standard InChI is InChI=1S/C18H17ClF2N4O3S/c1-2-18(20,21)25-10-13-15(24-25)8-12(9-16(13)29(22,27)28)23-17(26)7-11-5-3-4-6-14(11)19/h3-6,8-10H,2,7H2,1H3,(H,23,26)(H2,22,27,28). The molecule has 3 rings (SSSR count). The number of hydrogen-bond acceptors (Lipinski definition) is 4. The van der Waals surface area contributed by atoms with Crippen LogP contribution >= 0.6 is 11.6 Å². The van der Waals surface area contributed by atoms with Gasteiger partial charge in [-0.25, -0.2) is 18.2 Å². The Morgan fingerprint density at radius 1 is 1.31 bits per heavy atom. The molecule has 0 aliphatic heterocycles. The van der Waals surface area contributed by atoms with Gasteiger partial charge in [0, 0.05) is 28.7 Å². The van der Waals surface area contributed by atoms with Crippen LogP contribution in [0.5, 0.6) is 0 Å². The molecule has 2 aromatic carbocycles. The van der Waals surface area contributed by atoms with E-state index in [0.29, 0.717) is 15.3 Å². The molecule has 0 fully saturated rings. The van der Waals surface area contributed by atoms with Crippen LogP contribution in [-0.2, 0) is 27.3 Å². The number of primary sulfonamides is 1. The highest BCUT2D eigenvalue weighted by molar-refractivity contribution is 7.89. The molecular weight excluding hydrogens is 426 g/mol. The molecule has 0 unspecified atom stereocenters. The summed E-state index contributed by atoms with van der Waals surface area (Å²) in [4.78, 5) is 11.9. The molecule has 3 N–H and O–H groups in total. The van der Waals surface area contributed by atoms with E-state index < -0.39 is 33.3 Å². The molecule has 154 valence electrons. The van der Waals surface area contributed by atoms with E-state index in [4.69, 9.17) is 16.7 Å². The fourth-order valence-electron chi connectivity index (χ4n) is 2.75. The minimum Gasteiger partial charge on any atom is -0.326 e. The topological polar surface area (TPSA) is 107 Å². The normalized spacial score (nSPS) is 12.3. The minimum absolute atomic E-state index is 0.0438. The molecule has 11 heteroatoms. The zero-order chi connectivity index (χ0) is 21.4. The molecule has 3 aromatic rings. The number of carbonyl (C=O) groups excluding carboxylic acids is 1. The smallest absolute Gasteiger partial charge is 0.326 e. The van der Waals surface area contributed by atoms with Gasteiger partial charge in [0.25, 0.3) is 0 Å². The number of anilines is 1. The number of nitrogens with one attached hydrogen (secondary N) is 1. The van der Waals surface area contributed by atoms with Crippen LogP contribution in [0.15, 0.2) is 47.5 Å². The third-order valence-electron chi connectivity index (χ3n) is 4.25. The van der Waals surface area contributed by atoms with Crippen molar-refractivity contribution in [3.8, 4) is 0 Å². The van der Waals surface area contributed by atoms with E-state index in [0.717, 1.165) is 12.3 Å². The van der Waals surface area contributed by atoms with Gasteiger partial charge >= 0.3 is 6.05 Å². The van der Waals surface area contributed by atoms with Crippen molar-refractivity contribution in [2.45, 2.75) is 30.7 Å². The summed E-state index contributed by atoms with van der Waals surface area (Å²) < 4.78 is 52.3. The maximum Gasteiger partial charge on any atom is 0.343 e. The lowest BCUT2D eigenvalue weighted by Gasteiger charge is -2.13. The van der Waals surface area contributed by atoms with Gasteiger partial charge in [0.15, 0.2) is 0 Å². The van der Waals surface area contributed by atoms with Gasteiger partial charge in [0.2, 0.25) is 15.9 Å². The van der Waals surface area contributed by atoms with Gasteiger partial charge in [0.05, 0.1) is 16.8 Å². The lowest BCUT2D eigenvalue weighted by atomic mass is 10.1. The summed E-state index contributed by atoms with van der Waals surface area (Å²) in [6.07, 6.45) is 0.325. The molecule has 1 aromatic heterocycles. The fraction of sp³-hybridized carbons (Fsp3) is 0.222. The highest BCUT2D eigenvalue weighted by atomic mass is 35.5. The van der Waals surface area contributed by atoms with E-state index in [-0.39, 0.29) is 23.0 Å². The largest absolute Gasteiger partial charge is 0.343 e. The Labute approximate surface area is 170 Å². The van der Waals surface area contributed by atoms with Crippen molar-refractivity contribution in [3.05, 3.63) is 53.2 Å². The molecule has 0 saturated heterocycles. The second kappa shape index (κ2) is 7.69. The first-order valence-electron chi connectivity index (χ1n) is 8.49. The Hall–Kier alpha value is -2.56. The molecule has 0 radical (unpaired) electrons. The lowest BCUT2D eigenvalue weighted by molar-refractivity contribution is -0.115. The first kappa shape index (κ1) is 21.2. The van der Waals surface area contributed by atoms with Gasteiger partial charge in [-0.3, -0.25) is 4.79 Å². The number of nitrogens with zero attached hydrogens (tertiary/aromatic N) is 2. The summed E-state index contributed by atoms with van der Waals surface area (Å²) >= 11 is 6.03. The third-order valence-corrected chi connectivity index (χ3v) is 5.57. The maximum absolute atomic E-state index is 14.0. The van der Waals surface area contributed by atoms with Crippen molar-refractivity contribution < 1.29 is 22.0 Å². The monoisotopic (exact) mass is 442 g/mol. The SMILES string of the molecule is CCC(F)(F)n1cc2c(S(N)(=O)=O)cc(NC(=O)Cc3ccccc3Cl)cc2n1. The number of carbonyl (C=O) groups is 1. The molecule has 0 aliphatic rings. The number of hydrogen-bond donors (Lipinski definition) is 2. The van der Waals surface area contributed by atoms with Crippen LogP contribution in [0.3, 0.4) is 0 Å². The predicted octanol–water partition coefficient (Wildman–Crippen LogP) is 3.48. The first-order chi connectivity index (χ1) is 13.5. The Kier molecular flexibility index (Phi) is 5.61. The van der Waals surface area contributed by atoms with Crippen molar-refractivity contribution in [1.29, 1.82) is 0 Å². The van der Waals surface area contributed by atoms with Gasteiger partial charge in [-0.15, -0.1) is 0 Å². The second-order valence-corrected chi connectivity index (χ2v) is 8.30. The Bertz CT molecular complexity index is 1200. The molecule has 1 amide bonds. The average Bonchev–Trinajstić information content (AvgIpc) is 3.07. The molecular formula is C18H17ClF2N4O3S. The van der Waals surface area contributed by atoms with Crippen molar-refractivity contribution in [2.24, 2.45) is 5.14 Å². The number of aromatic nitrogens is 2. The molecule has 0 aliphatic carbocycles. The number of amides is 1. The molecule has 0 bridgehead atoms. The number of halogens is 3. The van der Waals surface area contributed by atoms with Crippen LogP contribution in [0.4, 0.5) is 14.5 Å². The van der Waals surface area contributed by atoms with Crippen molar-refractivity contribution in [3.63, 3.8) is 0 Å². The number of sulfonamides is 1. The van der Waals surface area contributed by atoms with Crippen molar-refractivity contribution in [2.75, 3.05) is 5.32 Å². The van der Waals surface area contributed by atoms with E-state index in [1.807, 2.05) is 0 Å². The van der Waals surface area contributed by atoms with Gasteiger partial charge in [-0.05, 0) is 23.8 Å². The van der Waals surface area contributed by atoms with Gasteiger partial charge in [0.1, 0.15) is 0 Å². The summed E-state index contributed by atoms with van der Waals surface area (Å²) in [6.45, 7) is 1.27. The van der Waals surface area contributed by atoms with Gasteiger partial charge in [-0.2, -0.15) is 13.9 Å². The third kappa shape index (κ3) is 4.55. The lowest BCUT2D eigenvalue weighted by Crippen LogP contribution is -2.22. The van der Waals surface area contributed by atoms with Gasteiger partial charge < -0.3 is 5.32 Å². The van der Waals surface area contributed by atoms with E-state index in [1.54, 1.807) is 24.3 Å².